The van der Waals surface area contributed by atoms with Crippen LogP contribution in [0.2, 0.25) is 18.1 Å². The van der Waals surface area contributed by atoms with Crippen LogP contribution in [0.5, 0.6) is 0 Å². The van der Waals surface area contributed by atoms with Gasteiger partial charge in [0.05, 0.1) is 31.1 Å². The Morgan fingerprint density at radius 3 is 2.49 bits per heavy atom. The minimum absolute atomic E-state index is 0.0411. The number of hydrogen-bond acceptors (Lipinski definition) is 7. The molecular weight excluding hydrogens is 691 g/mol. The van der Waals surface area contributed by atoms with Crippen molar-refractivity contribution in [3.63, 3.8) is 0 Å². The lowest BCUT2D eigenvalue weighted by atomic mass is 9.92. The van der Waals surface area contributed by atoms with Crippen LogP contribution < -0.4 is 11.2 Å². The van der Waals surface area contributed by atoms with E-state index in [0.717, 1.165) is 15.4 Å². The van der Waals surface area contributed by atoms with E-state index in [-0.39, 0.29) is 24.1 Å². The summed E-state index contributed by atoms with van der Waals surface area (Å²) in [7, 11) is -5.50. The summed E-state index contributed by atoms with van der Waals surface area (Å²) in [5, 5.41) is -0.134. The van der Waals surface area contributed by atoms with Crippen LogP contribution in [0.4, 0.5) is 4.39 Å². The fourth-order valence-corrected chi connectivity index (χ4v) is 8.18. The lowest BCUT2D eigenvalue weighted by Gasteiger charge is -2.41. The Morgan fingerprint density at radius 2 is 1.95 bits per heavy atom. The second-order valence-corrected chi connectivity index (χ2v) is 21.9. The molecule has 3 heterocycles. The molecule has 3 rings (SSSR count). The zero-order valence-electron chi connectivity index (χ0n) is 25.0. The van der Waals surface area contributed by atoms with Crippen LogP contribution in [0.1, 0.15) is 66.5 Å². The van der Waals surface area contributed by atoms with Gasteiger partial charge in [0.15, 0.2) is 14.1 Å². The Hall–Kier alpha value is -0.493. The quantitative estimate of drug-likeness (QED) is 0.132. The lowest BCUT2D eigenvalue weighted by molar-refractivity contribution is -0.139. The van der Waals surface area contributed by atoms with E-state index in [1.807, 2.05) is 18.8 Å². The maximum atomic E-state index is 14.2. The number of H-pyrrole nitrogens is 1. The normalized spacial score (nSPS) is 27.0. The molecule has 1 aromatic heterocycles. The molecule has 2 aliphatic rings. The summed E-state index contributed by atoms with van der Waals surface area (Å²) in [5.74, 6) is -1.81. The third kappa shape index (κ3) is 9.02. The van der Waals surface area contributed by atoms with Gasteiger partial charge in [-0.2, -0.15) is 4.39 Å². The number of aromatic nitrogens is 2. The van der Waals surface area contributed by atoms with Gasteiger partial charge >= 0.3 is 13.4 Å². The van der Waals surface area contributed by atoms with E-state index < -0.39 is 60.8 Å². The number of nitrogens with zero attached hydrogens (tertiary/aromatic N) is 2. The van der Waals surface area contributed by atoms with Gasteiger partial charge in [-0.1, -0.05) is 43.4 Å². The smallest absolute Gasteiger partial charge is 0.402 e. The van der Waals surface area contributed by atoms with E-state index in [1.165, 1.54) is 7.05 Å². The Balaban J connectivity index is 1.93. The minimum atomic E-state index is -4.53. The molecule has 0 aliphatic carbocycles. The van der Waals surface area contributed by atoms with Crippen LogP contribution in [-0.2, 0) is 23.2 Å². The van der Waals surface area contributed by atoms with Crippen molar-refractivity contribution >= 4 is 38.7 Å². The predicted octanol–water partition coefficient (Wildman–Crippen LogP) is 3.87. The van der Waals surface area contributed by atoms with Gasteiger partial charge in [0.2, 0.25) is 5.82 Å². The summed E-state index contributed by atoms with van der Waals surface area (Å²) < 4.78 is 52.4. The van der Waals surface area contributed by atoms with Crippen LogP contribution >= 0.6 is 30.3 Å². The summed E-state index contributed by atoms with van der Waals surface area (Å²) >= 11 is 2.23. The number of nitrogens with one attached hydrogen (secondary N) is 1. The Bertz CT molecular complexity index is 1250. The highest BCUT2D eigenvalue weighted by molar-refractivity contribution is 14.1. The first-order valence-corrected chi connectivity index (χ1v) is 19.2. The average Bonchev–Trinajstić information content (AvgIpc) is 3.34. The highest BCUT2D eigenvalue weighted by Gasteiger charge is 2.48. The van der Waals surface area contributed by atoms with Crippen LogP contribution in [0.15, 0.2) is 15.8 Å². The zero-order chi connectivity index (χ0) is 31.2. The number of ether oxygens (including phenoxy) is 3. The molecule has 0 aromatic carbocycles. The number of alkyl halides is 1. The summed E-state index contributed by atoms with van der Waals surface area (Å²) in [6.45, 7) is 14.6. The molecule has 0 radical (unpaired) electrons. The van der Waals surface area contributed by atoms with Gasteiger partial charge in [-0.3, -0.25) is 14.3 Å². The monoisotopic (exact) mass is 735 g/mol. The van der Waals surface area contributed by atoms with Gasteiger partial charge in [-0.15, -0.1) is 0 Å². The number of hydrogen-bond donors (Lipinski definition) is 3. The molecule has 0 saturated carbocycles. The Labute approximate surface area is 254 Å². The van der Waals surface area contributed by atoms with Crippen molar-refractivity contribution in [1.29, 1.82) is 0 Å². The number of halogens is 2. The fraction of sp³-hybridized carbons (Fsp3) is 0.840. The predicted molar refractivity (Wildman–Crippen MR) is 162 cm³/mol. The highest BCUT2D eigenvalue weighted by Crippen LogP contribution is 2.47. The molecule has 12 nitrogen and oxygen atoms in total. The minimum Gasteiger partial charge on any atom is -0.411 e. The second-order valence-electron chi connectivity index (χ2n) is 13.1. The van der Waals surface area contributed by atoms with Crippen molar-refractivity contribution in [2.75, 3.05) is 20.2 Å². The molecule has 0 amide bonds. The van der Waals surface area contributed by atoms with Crippen LogP contribution in [0, 0.1) is 5.82 Å². The lowest BCUT2D eigenvalue weighted by Crippen LogP contribution is -2.47. The fourth-order valence-electron chi connectivity index (χ4n) is 4.84. The zero-order valence-corrected chi connectivity index (χ0v) is 29.0. The van der Waals surface area contributed by atoms with Crippen LogP contribution in [0.25, 0.3) is 0 Å². The highest BCUT2D eigenvalue weighted by atomic mass is 127. The first-order valence-electron chi connectivity index (χ1n) is 13.6. The Kier molecular flexibility index (Phi) is 10.7. The molecule has 3 N–H and O–H groups in total. The van der Waals surface area contributed by atoms with Crippen molar-refractivity contribution in [2.45, 2.75) is 112 Å². The average molecular weight is 736 g/mol. The van der Waals surface area contributed by atoms with Gasteiger partial charge < -0.3 is 28.4 Å². The standard InChI is InChI=1S/C25H44FIN3O9PSi/c1-23(2,3)41(7,8)39-18-11-20(30-13-17(26)21(31)28-22(30)32)37-19(18)12-25(27,15-29(6)40(33,34)35)10-9-16-14-36-24(4,5)38-16/h13,16,18-20H,9-12,14-15H2,1-8H3,(H,28,31,32)(H2,33,34,35)/t16?,18-,19+,20+,25?/m0/s1. The molecule has 2 aliphatic heterocycles. The SMILES string of the molecule is CN(CC(I)(CCC1COC(C)(C)O1)C[C@H]1O[C@@H](n2cc(F)c(=O)[nH]c2=O)C[C@@H]1O[Si](C)(C)C(C)(C)C)P(=O)(O)O. The molecule has 2 unspecified atom stereocenters. The molecule has 1 aromatic rings. The first kappa shape index (κ1) is 35.0. The van der Waals surface area contributed by atoms with E-state index in [0.29, 0.717) is 25.9 Å². The van der Waals surface area contributed by atoms with Crippen molar-refractivity contribution in [2.24, 2.45) is 0 Å². The van der Waals surface area contributed by atoms with Gasteiger partial charge in [-0.25, -0.2) is 14.0 Å². The number of aromatic amines is 1. The second kappa shape index (κ2) is 12.5. The molecule has 41 heavy (non-hydrogen) atoms. The largest absolute Gasteiger partial charge is 0.411 e. The molecule has 5 atom stereocenters. The van der Waals surface area contributed by atoms with Crippen molar-refractivity contribution in [3.05, 3.63) is 32.9 Å². The third-order valence-corrected chi connectivity index (χ3v) is 15.0. The number of rotatable bonds is 11. The topological polar surface area (TPSA) is 153 Å². The van der Waals surface area contributed by atoms with E-state index >= 15 is 0 Å². The molecule has 16 heteroatoms. The molecular formula is C25H44FIN3O9PSi. The molecule has 0 spiro atoms. The van der Waals surface area contributed by atoms with Crippen molar-refractivity contribution in [3.8, 4) is 0 Å². The molecule has 2 fully saturated rings. The molecule has 236 valence electrons. The summed E-state index contributed by atoms with van der Waals surface area (Å²) in [6, 6.07) is 0. The van der Waals surface area contributed by atoms with Crippen LogP contribution in [-0.4, -0.2) is 80.0 Å². The van der Waals surface area contributed by atoms with Gasteiger partial charge in [-0.05, 0) is 58.3 Å². The first-order chi connectivity index (χ1) is 18.5. The van der Waals surface area contributed by atoms with Gasteiger partial charge in [0.1, 0.15) is 6.23 Å². The van der Waals surface area contributed by atoms with Gasteiger partial charge in [0, 0.05) is 16.4 Å². The van der Waals surface area contributed by atoms with Crippen molar-refractivity contribution < 1.29 is 37.4 Å². The van der Waals surface area contributed by atoms with Crippen molar-refractivity contribution in [1.82, 2.24) is 14.2 Å². The summed E-state index contributed by atoms with van der Waals surface area (Å²) in [4.78, 5) is 45.9. The summed E-state index contributed by atoms with van der Waals surface area (Å²) in [5.41, 5.74) is -1.90. The van der Waals surface area contributed by atoms with Gasteiger partial charge in [0.25, 0.3) is 5.56 Å². The van der Waals surface area contributed by atoms with E-state index in [9.17, 15) is 28.3 Å². The van der Waals surface area contributed by atoms with Crippen LogP contribution in [0.3, 0.4) is 0 Å². The Morgan fingerprint density at radius 1 is 1.32 bits per heavy atom. The van der Waals surface area contributed by atoms with E-state index in [4.69, 9.17) is 18.6 Å². The maximum Gasteiger partial charge on any atom is 0.402 e. The van der Waals surface area contributed by atoms with E-state index in [2.05, 4.69) is 56.5 Å². The molecule has 2 saturated heterocycles. The molecule has 0 bridgehead atoms. The maximum absolute atomic E-state index is 14.2. The van der Waals surface area contributed by atoms with E-state index in [1.54, 1.807) is 0 Å². The third-order valence-electron chi connectivity index (χ3n) is 8.17. The summed E-state index contributed by atoms with van der Waals surface area (Å²) in [6.07, 6.45) is 0.346.